The van der Waals surface area contributed by atoms with Gasteiger partial charge < -0.3 is 10.2 Å². The number of nitrogens with zero attached hydrogens (tertiary/aromatic N) is 2. The van der Waals surface area contributed by atoms with Gasteiger partial charge in [-0.3, -0.25) is 0 Å². The van der Waals surface area contributed by atoms with Crippen LogP contribution >= 0.6 is 0 Å². The van der Waals surface area contributed by atoms with Crippen molar-refractivity contribution in [2.45, 2.75) is 6.10 Å². The molecule has 2 N–H and O–H groups in total. The number of hydrogen-bond acceptors (Lipinski definition) is 4. The lowest BCUT2D eigenvalue weighted by Crippen LogP contribution is -2.09. The Labute approximate surface area is 120 Å². The van der Waals surface area contributed by atoms with E-state index in [4.69, 9.17) is 0 Å². The van der Waals surface area contributed by atoms with Gasteiger partial charge in [0.15, 0.2) is 0 Å². The van der Waals surface area contributed by atoms with Crippen LogP contribution < -0.4 is 0 Å². The molecule has 0 saturated heterocycles. The van der Waals surface area contributed by atoms with E-state index in [9.17, 15) is 14.6 Å². The van der Waals surface area contributed by atoms with Crippen LogP contribution in [0.3, 0.4) is 0 Å². The minimum atomic E-state index is -1.21. The molecule has 0 aliphatic heterocycles. The van der Waals surface area contributed by atoms with Crippen LogP contribution in [0.4, 0.5) is 4.39 Å². The molecule has 1 unspecified atom stereocenters. The maximum Gasteiger partial charge on any atom is 0.132 e. The minimum absolute atomic E-state index is 0.168. The van der Waals surface area contributed by atoms with Crippen LogP contribution in [-0.4, -0.2) is 26.8 Å². The lowest BCUT2D eigenvalue weighted by atomic mass is 10.1. The fourth-order valence-electron chi connectivity index (χ4n) is 2.18. The van der Waals surface area contributed by atoms with E-state index in [-0.39, 0.29) is 17.0 Å². The predicted octanol–water partition coefficient (Wildman–Crippen LogP) is 2.46. The van der Waals surface area contributed by atoms with Gasteiger partial charge in [-0.25, -0.2) is 14.4 Å². The van der Waals surface area contributed by atoms with Gasteiger partial charge in [0.1, 0.15) is 11.9 Å². The van der Waals surface area contributed by atoms with Crippen molar-refractivity contribution in [2.75, 3.05) is 6.61 Å². The molecule has 0 aliphatic carbocycles. The molecule has 0 amide bonds. The highest BCUT2D eigenvalue weighted by atomic mass is 19.1. The van der Waals surface area contributed by atoms with Crippen LogP contribution in [-0.2, 0) is 0 Å². The number of aromatic nitrogens is 2. The summed E-state index contributed by atoms with van der Waals surface area (Å²) in [5.41, 5.74) is 1.85. The van der Waals surface area contributed by atoms with Gasteiger partial charge in [0.25, 0.3) is 0 Å². The Hall–Kier alpha value is -2.37. The quantitative estimate of drug-likeness (QED) is 0.775. The zero-order chi connectivity index (χ0) is 14.8. The summed E-state index contributed by atoms with van der Waals surface area (Å²) in [4.78, 5) is 8.73. The molecule has 0 fully saturated rings. The van der Waals surface area contributed by atoms with Gasteiger partial charge in [0.2, 0.25) is 0 Å². The van der Waals surface area contributed by atoms with Crippen molar-refractivity contribution >= 4 is 11.0 Å². The minimum Gasteiger partial charge on any atom is -0.393 e. The molecule has 1 heterocycles. The number of halogens is 1. The molecule has 0 saturated carbocycles. The molecule has 2 aromatic carbocycles. The van der Waals surface area contributed by atoms with E-state index in [1.807, 2.05) is 6.07 Å². The summed E-state index contributed by atoms with van der Waals surface area (Å²) in [6.07, 6.45) is -1.21. The number of benzene rings is 2. The molecule has 0 bridgehead atoms. The lowest BCUT2D eigenvalue weighted by Gasteiger charge is -2.13. The third-order valence-electron chi connectivity index (χ3n) is 3.22. The van der Waals surface area contributed by atoms with Crippen molar-refractivity contribution in [3.8, 4) is 11.3 Å². The van der Waals surface area contributed by atoms with E-state index < -0.39 is 18.5 Å². The van der Waals surface area contributed by atoms with Gasteiger partial charge >= 0.3 is 0 Å². The van der Waals surface area contributed by atoms with Crippen molar-refractivity contribution < 1.29 is 14.6 Å². The van der Waals surface area contributed by atoms with Crippen LogP contribution in [0.25, 0.3) is 22.3 Å². The van der Waals surface area contributed by atoms with Crippen molar-refractivity contribution in [3.05, 3.63) is 60.0 Å². The van der Waals surface area contributed by atoms with E-state index in [2.05, 4.69) is 9.97 Å². The molecule has 1 aromatic heterocycles. The smallest absolute Gasteiger partial charge is 0.132 e. The normalized spacial score (nSPS) is 12.5. The molecule has 0 radical (unpaired) electrons. The number of hydrogen-bond donors (Lipinski definition) is 2. The monoisotopic (exact) mass is 284 g/mol. The summed E-state index contributed by atoms with van der Waals surface area (Å²) in [6, 6.07) is 13.3. The first kappa shape index (κ1) is 13.6. The third kappa shape index (κ3) is 2.49. The van der Waals surface area contributed by atoms with Gasteiger partial charge in [-0.05, 0) is 24.3 Å². The van der Waals surface area contributed by atoms with E-state index in [0.29, 0.717) is 11.0 Å². The molecule has 0 spiro atoms. The van der Waals surface area contributed by atoms with Crippen LogP contribution in [0.5, 0.6) is 0 Å². The summed E-state index contributed by atoms with van der Waals surface area (Å²) >= 11 is 0. The van der Waals surface area contributed by atoms with Gasteiger partial charge in [-0.15, -0.1) is 0 Å². The second-order valence-corrected chi connectivity index (χ2v) is 4.62. The average molecular weight is 284 g/mol. The van der Waals surface area contributed by atoms with Crippen molar-refractivity contribution in [1.82, 2.24) is 9.97 Å². The van der Waals surface area contributed by atoms with Gasteiger partial charge in [-0.1, -0.05) is 24.3 Å². The predicted molar refractivity (Wildman–Crippen MR) is 77.0 cm³/mol. The van der Waals surface area contributed by atoms with Gasteiger partial charge in [-0.2, -0.15) is 0 Å². The largest absolute Gasteiger partial charge is 0.393 e. The average Bonchev–Trinajstić information content (AvgIpc) is 2.53. The Kier molecular flexibility index (Phi) is 3.60. The zero-order valence-electron chi connectivity index (χ0n) is 11.1. The molecule has 4 nitrogen and oxygen atoms in total. The van der Waals surface area contributed by atoms with Crippen LogP contribution in [0.15, 0.2) is 48.5 Å². The zero-order valence-corrected chi connectivity index (χ0v) is 11.1. The molecule has 3 aromatic rings. The number of aliphatic hydroxyl groups excluding tert-OH is 2. The summed E-state index contributed by atoms with van der Waals surface area (Å²) in [5, 5.41) is 19.1. The Morgan fingerprint density at radius 2 is 1.57 bits per heavy atom. The highest BCUT2D eigenvalue weighted by Crippen LogP contribution is 2.29. The van der Waals surface area contributed by atoms with E-state index >= 15 is 0 Å². The second kappa shape index (κ2) is 5.55. The second-order valence-electron chi connectivity index (χ2n) is 4.62. The Balaban J connectivity index is 2.31. The number of para-hydroxylation sites is 2. The lowest BCUT2D eigenvalue weighted by molar-refractivity contribution is 0.0927. The van der Waals surface area contributed by atoms with Gasteiger partial charge in [0, 0.05) is 5.56 Å². The van der Waals surface area contributed by atoms with Crippen molar-refractivity contribution in [1.29, 1.82) is 0 Å². The fraction of sp³-hybridized carbons (Fsp3) is 0.125. The first-order valence-electron chi connectivity index (χ1n) is 6.51. The highest BCUT2D eigenvalue weighted by Gasteiger charge is 2.19. The van der Waals surface area contributed by atoms with E-state index in [0.717, 1.165) is 0 Å². The molecule has 1 atom stereocenters. The molecule has 5 heteroatoms. The standard InChI is InChI=1S/C16H13FN2O2/c17-11-6-2-1-5-10(11)15-16(14(21)9-20)19-13-8-4-3-7-12(13)18-15/h1-8,14,20-21H,9H2. The summed E-state index contributed by atoms with van der Waals surface area (Å²) in [7, 11) is 0. The summed E-state index contributed by atoms with van der Waals surface area (Å²) < 4.78 is 14.0. The SMILES string of the molecule is OCC(O)c1nc2ccccc2nc1-c1ccccc1F. The Bertz CT molecular complexity index is 792. The first-order valence-corrected chi connectivity index (χ1v) is 6.51. The molecule has 3 rings (SSSR count). The van der Waals surface area contributed by atoms with Crippen LogP contribution in [0.2, 0.25) is 0 Å². The van der Waals surface area contributed by atoms with Crippen molar-refractivity contribution in [3.63, 3.8) is 0 Å². The molecule has 0 aliphatic rings. The molecule has 106 valence electrons. The van der Waals surface area contributed by atoms with Gasteiger partial charge in [0.05, 0.1) is 29.0 Å². The summed E-state index contributed by atoms with van der Waals surface area (Å²) in [5.74, 6) is -0.450. The van der Waals surface area contributed by atoms with Crippen LogP contribution in [0.1, 0.15) is 11.8 Å². The number of rotatable bonds is 3. The third-order valence-corrected chi connectivity index (χ3v) is 3.22. The van der Waals surface area contributed by atoms with E-state index in [1.54, 1.807) is 36.4 Å². The molecular weight excluding hydrogens is 271 g/mol. The highest BCUT2D eigenvalue weighted by molar-refractivity contribution is 5.78. The molecule has 21 heavy (non-hydrogen) atoms. The maximum atomic E-state index is 14.0. The maximum absolute atomic E-state index is 14.0. The van der Waals surface area contributed by atoms with E-state index in [1.165, 1.54) is 6.07 Å². The topological polar surface area (TPSA) is 66.2 Å². The molecular formula is C16H13FN2O2. The number of aliphatic hydroxyl groups is 2. The fourth-order valence-corrected chi connectivity index (χ4v) is 2.18. The summed E-state index contributed by atoms with van der Waals surface area (Å²) in [6.45, 7) is -0.505. The Morgan fingerprint density at radius 1 is 0.952 bits per heavy atom. The Morgan fingerprint density at radius 3 is 2.24 bits per heavy atom. The van der Waals surface area contributed by atoms with Crippen molar-refractivity contribution in [2.24, 2.45) is 0 Å². The number of fused-ring (bicyclic) bond motifs is 1. The first-order chi connectivity index (χ1) is 10.2. The van der Waals surface area contributed by atoms with Crippen LogP contribution in [0, 0.1) is 5.82 Å².